The summed E-state index contributed by atoms with van der Waals surface area (Å²) in [5, 5.41) is 26.7. The summed E-state index contributed by atoms with van der Waals surface area (Å²) in [7, 11) is -3.93. The van der Waals surface area contributed by atoms with Gasteiger partial charge in [-0.2, -0.15) is 4.98 Å². The molecule has 7 rings (SSSR count). The average Bonchev–Trinajstić information content (AvgIpc) is 3.72. The smallest absolute Gasteiger partial charge is 0.253 e. The summed E-state index contributed by atoms with van der Waals surface area (Å²) >= 11 is 4.77. The molecule has 0 bridgehead atoms. The van der Waals surface area contributed by atoms with E-state index >= 15 is 0 Å². The molecule has 0 spiro atoms. The van der Waals surface area contributed by atoms with Crippen LogP contribution < -0.4 is 25.8 Å². The molecule has 2 aromatic heterocycles. The highest BCUT2D eigenvalue weighted by Gasteiger charge is 2.31. The van der Waals surface area contributed by atoms with Crippen LogP contribution >= 0.6 is 27.3 Å². The van der Waals surface area contributed by atoms with Gasteiger partial charge in [-0.1, -0.05) is 19.9 Å². The number of fused-ring (bicyclic) bond motifs is 1. The summed E-state index contributed by atoms with van der Waals surface area (Å²) in [6, 6.07) is 29.0. The minimum absolute atomic E-state index is 0.0706. The van der Waals surface area contributed by atoms with Crippen molar-refractivity contribution in [1.29, 1.82) is 0 Å². The van der Waals surface area contributed by atoms with Crippen molar-refractivity contribution in [3.63, 3.8) is 0 Å². The van der Waals surface area contributed by atoms with E-state index in [4.69, 9.17) is 15.2 Å². The Morgan fingerprint density at radius 3 is 2.25 bits per heavy atom. The number of nitrogens with zero attached hydrogens (tertiary/aromatic N) is 3. The maximum atomic E-state index is 14.4. The summed E-state index contributed by atoms with van der Waals surface area (Å²) in [5.41, 5.74) is 6.24. The number of phenols is 2. The van der Waals surface area contributed by atoms with Gasteiger partial charge in [0.05, 0.1) is 26.2 Å². The van der Waals surface area contributed by atoms with E-state index in [2.05, 4.69) is 53.1 Å². The van der Waals surface area contributed by atoms with E-state index in [9.17, 15) is 32.6 Å². The Kier molecular flexibility index (Phi) is 17.0. The number of thiophene rings is 1. The van der Waals surface area contributed by atoms with Crippen LogP contribution in [0, 0.1) is 5.82 Å². The lowest BCUT2D eigenvalue weighted by Gasteiger charge is -2.33. The summed E-state index contributed by atoms with van der Waals surface area (Å²) in [6.45, 7) is 12.9. The average molecular weight is 1080 g/mol. The van der Waals surface area contributed by atoms with Gasteiger partial charge in [-0.3, -0.25) is 9.59 Å². The number of hydrogen-bond donors (Lipinski definition) is 6. The lowest BCUT2D eigenvalue weighted by molar-refractivity contribution is -0.0361. The molecule has 0 saturated carbocycles. The van der Waals surface area contributed by atoms with Gasteiger partial charge >= 0.3 is 0 Å². The van der Waals surface area contributed by atoms with Crippen LogP contribution in [0.25, 0.3) is 20.5 Å². The van der Waals surface area contributed by atoms with Crippen molar-refractivity contribution in [2.45, 2.75) is 69.9 Å². The van der Waals surface area contributed by atoms with E-state index in [-0.39, 0.29) is 45.2 Å². The normalized spacial score (nSPS) is 12.7. The molecule has 7 aromatic rings. The number of hydrogen-bond acceptors (Lipinski definition) is 14. The molecule has 2 heterocycles. The Hall–Kier alpha value is -6.48. The van der Waals surface area contributed by atoms with E-state index < -0.39 is 32.9 Å². The molecule has 15 nitrogen and oxygen atoms in total. The quantitative estimate of drug-likeness (QED) is 0.0311. The van der Waals surface area contributed by atoms with E-state index in [1.54, 1.807) is 78.9 Å². The van der Waals surface area contributed by atoms with Crippen LogP contribution in [-0.4, -0.2) is 89.2 Å². The number of primary amides is 1. The zero-order valence-corrected chi connectivity index (χ0v) is 43.7. The number of benzene rings is 5. The highest BCUT2D eigenvalue weighted by molar-refractivity contribution is 9.10. The maximum absolute atomic E-state index is 14.4. The first-order chi connectivity index (χ1) is 34.3. The number of carbonyl (C=O) groups is 2. The molecule has 378 valence electrons. The Labute approximate surface area is 430 Å². The fourth-order valence-electron chi connectivity index (χ4n) is 7.80. The number of aromatic hydroxyl groups is 2. The first-order valence-electron chi connectivity index (χ1n) is 23.2. The lowest BCUT2D eigenvalue weighted by atomic mass is 9.96. The molecule has 1 atom stereocenters. The molecule has 1 unspecified atom stereocenters. The van der Waals surface area contributed by atoms with Gasteiger partial charge in [0.2, 0.25) is 16.0 Å². The number of aromatic nitrogens is 2. The molecule has 72 heavy (non-hydrogen) atoms. The lowest BCUT2D eigenvalue weighted by Crippen LogP contribution is -2.46. The van der Waals surface area contributed by atoms with Gasteiger partial charge in [-0.05, 0) is 171 Å². The fourth-order valence-corrected chi connectivity index (χ4v) is 10.8. The van der Waals surface area contributed by atoms with Crippen molar-refractivity contribution in [2.24, 2.45) is 5.73 Å². The standard InChI is InChI=1S/C53H57BrFN7O8S2/c1-6-53(5,61-72(67,68)39-22-15-35(16-23-39)58-51-57-32-41(54)50(60-51)59-43-10-8-9-42(55)46(43)49(56)66)26-29-70-52(3,4)25-27-62(7-2)28-30-69-38-20-13-33(14-21-38)47(65)45-40-24-19-37(64)31-44(40)71-48(45)34-11-17-36(63)18-12-34/h8-24,31-32,61,63-64H,6-7,25-30H2,1-5H3,(H2,56,66)(H2,57,58,59,60). The second-order valence-corrected chi connectivity index (χ2v) is 21.6. The summed E-state index contributed by atoms with van der Waals surface area (Å²) in [4.78, 5) is 37.7. The molecular weight excluding hydrogens is 1030 g/mol. The van der Waals surface area contributed by atoms with Crippen LogP contribution in [0.3, 0.4) is 0 Å². The highest BCUT2D eigenvalue weighted by Crippen LogP contribution is 2.42. The molecule has 7 N–H and O–H groups in total. The molecule has 0 radical (unpaired) electrons. The molecule has 0 saturated heterocycles. The molecule has 0 aliphatic rings. The number of carbonyl (C=O) groups excluding carboxylic acids is 2. The van der Waals surface area contributed by atoms with Crippen molar-refractivity contribution >= 4 is 82.2 Å². The number of rotatable bonds is 24. The molecule has 0 aliphatic carbocycles. The van der Waals surface area contributed by atoms with Gasteiger partial charge in [0, 0.05) is 63.2 Å². The van der Waals surface area contributed by atoms with Crippen molar-refractivity contribution in [3.8, 4) is 27.7 Å². The number of nitrogens with two attached hydrogens (primary N) is 1. The third-order valence-corrected chi connectivity index (χ3v) is 15.7. The second kappa shape index (κ2) is 22.9. The number of halogens is 2. The number of nitrogens with one attached hydrogen (secondary N) is 3. The van der Waals surface area contributed by atoms with Gasteiger partial charge in [-0.15, -0.1) is 11.3 Å². The first kappa shape index (κ1) is 53.3. The number of likely N-dealkylation sites (N-methyl/N-ethyl adjacent to an activating group) is 1. The van der Waals surface area contributed by atoms with Crippen LogP contribution in [0.5, 0.6) is 17.2 Å². The van der Waals surface area contributed by atoms with Gasteiger partial charge < -0.3 is 41.0 Å². The number of anilines is 4. The van der Waals surface area contributed by atoms with Crippen molar-refractivity contribution in [1.82, 2.24) is 19.6 Å². The zero-order chi connectivity index (χ0) is 51.8. The molecule has 19 heteroatoms. The van der Waals surface area contributed by atoms with Crippen LogP contribution in [0.1, 0.15) is 80.2 Å². The van der Waals surface area contributed by atoms with Crippen LogP contribution in [0.2, 0.25) is 0 Å². The zero-order valence-electron chi connectivity index (χ0n) is 40.5. The fraction of sp³-hybridized carbons (Fsp3) is 0.283. The van der Waals surface area contributed by atoms with Crippen molar-refractivity contribution in [2.75, 3.05) is 43.5 Å². The number of phenolic OH excluding ortho intramolecular Hbond substituents is 2. The largest absolute Gasteiger partial charge is 0.508 e. The summed E-state index contributed by atoms with van der Waals surface area (Å²) < 4.78 is 58.3. The SMILES string of the molecule is CCN(CCOc1ccc(C(=O)c2c(-c3ccc(O)cc3)sc3cc(O)ccc23)cc1)CCC(C)(C)OCCC(C)(CC)NS(=O)(=O)c1ccc(Nc2ncc(Br)c(Nc3cccc(F)c3C(N)=O)n2)cc1. The van der Waals surface area contributed by atoms with E-state index in [0.717, 1.165) is 46.1 Å². The number of ketones is 1. The Morgan fingerprint density at radius 1 is 0.861 bits per heavy atom. The Bertz CT molecular complexity index is 3160. The van der Waals surface area contributed by atoms with E-state index in [1.807, 2.05) is 27.7 Å². The van der Waals surface area contributed by atoms with Crippen LogP contribution in [-0.2, 0) is 14.8 Å². The van der Waals surface area contributed by atoms with E-state index in [0.29, 0.717) is 59.6 Å². The van der Waals surface area contributed by atoms with Gasteiger partial charge in [0.25, 0.3) is 5.91 Å². The third-order valence-electron chi connectivity index (χ3n) is 12.3. The number of ether oxygens (including phenoxy) is 2. The monoisotopic (exact) mass is 1080 g/mol. The number of sulfonamides is 1. The van der Waals surface area contributed by atoms with Gasteiger partial charge in [0.15, 0.2) is 5.78 Å². The predicted octanol–water partition coefficient (Wildman–Crippen LogP) is 10.9. The molecule has 1 amide bonds. The van der Waals surface area contributed by atoms with Crippen molar-refractivity contribution < 1.29 is 42.1 Å². The molecule has 5 aromatic carbocycles. The Balaban J connectivity index is 0.870. The Morgan fingerprint density at radius 2 is 1.57 bits per heavy atom. The van der Waals surface area contributed by atoms with E-state index in [1.165, 1.54) is 41.8 Å². The molecular formula is C53H57BrFN7O8S2. The minimum atomic E-state index is -3.93. The maximum Gasteiger partial charge on any atom is 0.253 e. The second-order valence-electron chi connectivity index (χ2n) is 18.0. The first-order valence-corrected chi connectivity index (χ1v) is 26.3. The molecule has 0 aliphatic heterocycles. The van der Waals surface area contributed by atoms with Crippen molar-refractivity contribution in [3.05, 3.63) is 142 Å². The van der Waals surface area contributed by atoms with Crippen LogP contribution in [0.4, 0.5) is 27.5 Å². The topological polar surface area (TPSA) is 218 Å². The van der Waals surface area contributed by atoms with Gasteiger partial charge in [0.1, 0.15) is 35.5 Å². The number of amides is 1. The summed E-state index contributed by atoms with van der Waals surface area (Å²) in [5.74, 6) is -0.617. The highest BCUT2D eigenvalue weighted by atomic mass is 79.9. The third kappa shape index (κ3) is 13.3. The summed E-state index contributed by atoms with van der Waals surface area (Å²) in [6.07, 6.45) is 3.14. The predicted molar refractivity (Wildman–Crippen MR) is 284 cm³/mol. The minimum Gasteiger partial charge on any atom is -0.508 e. The molecule has 0 fully saturated rings. The van der Waals surface area contributed by atoms with Gasteiger partial charge in [-0.25, -0.2) is 22.5 Å². The van der Waals surface area contributed by atoms with Crippen LogP contribution in [0.15, 0.2) is 125 Å².